The van der Waals surface area contributed by atoms with Gasteiger partial charge in [-0.25, -0.2) is 4.52 Å². The van der Waals surface area contributed by atoms with Crippen LogP contribution in [0.1, 0.15) is 51.3 Å². The summed E-state index contributed by atoms with van der Waals surface area (Å²) in [6.07, 6.45) is 5.70. The van der Waals surface area contributed by atoms with Crippen LogP contribution in [0.4, 0.5) is 0 Å². The van der Waals surface area contributed by atoms with E-state index < -0.39 is 0 Å². The van der Waals surface area contributed by atoms with Crippen molar-refractivity contribution in [2.75, 3.05) is 6.54 Å². The van der Waals surface area contributed by atoms with Gasteiger partial charge in [-0.3, -0.25) is 19.3 Å². The third-order valence-electron chi connectivity index (χ3n) is 7.96. The Morgan fingerprint density at radius 3 is 2.79 bits per heavy atom. The van der Waals surface area contributed by atoms with Gasteiger partial charge in [-0.1, -0.05) is 15.9 Å². The molecule has 7 rings (SSSR count). The van der Waals surface area contributed by atoms with Gasteiger partial charge >= 0.3 is 0 Å². The fourth-order valence-electron chi connectivity index (χ4n) is 5.65. The summed E-state index contributed by atoms with van der Waals surface area (Å²) in [5.74, 6) is 0.605. The summed E-state index contributed by atoms with van der Waals surface area (Å²) in [6, 6.07) is 11.7. The topological polar surface area (TPSA) is 88.3 Å². The highest BCUT2D eigenvalue weighted by Gasteiger charge is 2.31. The molecule has 1 amide bonds. The van der Waals surface area contributed by atoms with Crippen LogP contribution in [0.3, 0.4) is 0 Å². The monoisotopic (exact) mass is 570 g/mol. The number of amides is 1. The van der Waals surface area contributed by atoms with Crippen molar-refractivity contribution in [1.29, 1.82) is 0 Å². The number of halogens is 1. The molecule has 0 bridgehead atoms. The van der Waals surface area contributed by atoms with E-state index in [0.717, 1.165) is 61.2 Å². The molecule has 8 nitrogen and oxygen atoms in total. The normalized spacial score (nSPS) is 15.4. The molecule has 1 N–H and O–H groups in total. The van der Waals surface area contributed by atoms with Gasteiger partial charge in [0.05, 0.1) is 35.3 Å². The Kier molecular flexibility index (Phi) is 5.33. The van der Waals surface area contributed by atoms with Gasteiger partial charge in [-0.15, -0.1) is 0 Å². The van der Waals surface area contributed by atoms with Crippen LogP contribution in [-0.4, -0.2) is 41.7 Å². The quantitative estimate of drug-likeness (QED) is 0.333. The van der Waals surface area contributed by atoms with Gasteiger partial charge in [0.25, 0.3) is 11.5 Å². The fourth-order valence-corrected chi connectivity index (χ4v) is 5.89. The van der Waals surface area contributed by atoms with E-state index in [1.54, 1.807) is 0 Å². The number of benzene rings is 2. The average molecular weight is 571 g/mol. The predicted octanol–water partition coefficient (Wildman–Crippen LogP) is 4.89. The standard InChI is InChI=1S/C29H27BrN6O2/c1-16-11-19(5-8-24(16)30)28(37)34-10-9-23-26(15-34)36-27(20(14-31-36)12-18-3-4-18)35(29(23)38)21-6-7-22-17(2)32-33-25(22)13-21/h5-8,11,13-14,18H,3-4,9-10,12,15H2,1-2H3,(H,32,33). The highest BCUT2D eigenvalue weighted by atomic mass is 79.9. The number of nitrogens with one attached hydrogen (secondary N) is 1. The van der Waals surface area contributed by atoms with Crippen LogP contribution in [0.2, 0.25) is 0 Å². The van der Waals surface area contributed by atoms with E-state index in [-0.39, 0.29) is 11.5 Å². The fraction of sp³-hybridized carbons (Fsp3) is 0.310. The van der Waals surface area contributed by atoms with Crippen molar-refractivity contribution in [2.45, 2.75) is 46.1 Å². The minimum atomic E-state index is -0.0350. The second kappa shape index (κ2) is 8.66. The zero-order valence-electron chi connectivity index (χ0n) is 21.3. The lowest BCUT2D eigenvalue weighted by molar-refractivity contribution is 0.0729. The highest BCUT2D eigenvalue weighted by molar-refractivity contribution is 9.10. The molecule has 2 aromatic carbocycles. The van der Waals surface area contributed by atoms with Crippen LogP contribution in [0.15, 0.2) is 51.9 Å². The van der Waals surface area contributed by atoms with Gasteiger partial charge in [-0.2, -0.15) is 10.2 Å². The van der Waals surface area contributed by atoms with Crippen molar-refractivity contribution < 1.29 is 4.79 Å². The Balaban J connectivity index is 1.37. The number of nitrogens with zero attached hydrogens (tertiary/aromatic N) is 5. The Labute approximate surface area is 227 Å². The number of H-pyrrole nitrogens is 1. The Bertz CT molecular complexity index is 1830. The molecule has 1 aliphatic heterocycles. The van der Waals surface area contributed by atoms with Gasteiger partial charge in [0.15, 0.2) is 0 Å². The Morgan fingerprint density at radius 2 is 2.00 bits per heavy atom. The third-order valence-corrected chi connectivity index (χ3v) is 8.85. The van der Waals surface area contributed by atoms with Gasteiger partial charge in [0, 0.05) is 33.1 Å². The van der Waals surface area contributed by atoms with E-state index in [1.165, 1.54) is 12.8 Å². The van der Waals surface area contributed by atoms with E-state index in [2.05, 4.69) is 26.1 Å². The molecule has 1 aliphatic carbocycles. The van der Waals surface area contributed by atoms with Crippen LogP contribution < -0.4 is 5.56 Å². The lowest BCUT2D eigenvalue weighted by Crippen LogP contribution is -2.41. The molecular weight excluding hydrogens is 544 g/mol. The number of rotatable bonds is 4. The van der Waals surface area contributed by atoms with Crippen LogP contribution in [0, 0.1) is 19.8 Å². The number of carbonyl (C=O) groups is 1. The summed E-state index contributed by atoms with van der Waals surface area (Å²) in [5, 5.41) is 13.2. The van der Waals surface area contributed by atoms with Crippen LogP contribution >= 0.6 is 15.9 Å². The van der Waals surface area contributed by atoms with Crippen molar-refractivity contribution in [3.05, 3.63) is 91.1 Å². The van der Waals surface area contributed by atoms with E-state index in [1.807, 2.05) is 70.4 Å². The number of carbonyl (C=O) groups excluding carboxylic acids is 1. The van der Waals surface area contributed by atoms with E-state index >= 15 is 0 Å². The molecule has 0 spiro atoms. The molecule has 0 atom stereocenters. The number of hydrogen-bond donors (Lipinski definition) is 1. The van der Waals surface area contributed by atoms with Crippen molar-refractivity contribution in [2.24, 2.45) is 5.92 Å². The summed E-state index contributed by atoms with van der Waals surface area (Å²) in [4.78, 5) is 29.4. The molecule has 3 aromatic heterocycles. The Hall–Kier alpha value is -3.72. The molecule has 192 valence electrons. The van der Waals surface area contributed by atoms with Crippen molar-refractivity contribution in [1.82, 2.24) is 29.3 Å². The first-order chi connectivity index (χ1) is 18.4. The molecule has 9 heteroatoms. The van der Waals surface area contributed by atoms with E-state index in [9.17, 15) is 9.59 Å². The molecule has 0 unspecified atom stereocenters. The molecular formula is C29H27BrN6O2. The zero-order valence-corrected chi connectivity index (χ0v) is 22.9. The lowest BCUT2D eigenvalue weighted by atomic mass is 10.0. The summed E-state index contributed by atoms with van der Waals surface area (Å²) in [7, 11) is 0. The summed E-state index contributed by atoms with van der Waals surface area (Å²) in [6.45, 7) is 4.77. The van der Waals surface area contributed by atoms with E-state index in [4.69, 9.17) is 5.10 Å². The van der Waals surface area contributed by atoms with Gasteiger partial charge < -0.3 is 4.90 Å². The first kappa shape index (κ1) is 23.4. The largest absolute Gasteiger partial charge is 0.332 e. The molecule has 0 saturated heterocycles. The molecule has 1 fully saturated rings. The van der Waals surface area contributed by atoms with E-state index in [0.29, 0.717) is 31.0 Å². The minimum absolute atomic E-state index is 0.0333. The smallest absolute Gasteiger partial charge is 0.261 e. The first-order valence-corrected chi connectivity index (χ1v) is 13.8. The zero-order chi connectivity index (χ0) is 26.1. The summed E-state index contributed by atoms with van der Waals surface area (Å²) in [5.41, 5.74) is 7.63. The van der Waals surface area contributed by atoms with Gasteiger partial charge in [0.1, 0.15) is 5.65 Å². The Morgan fingerprint density at radius 1 is 1.16 bits per heavy atom. The molecule has 2 aliphatic rings. The van der Waals surface area contributed by atoms with Gasteiger partial charge in [-0.05, 0) is 87.4 Å². The predicted molar refractivity (Wildman–Crippen MR) is 149 cm³/mol. The third kappa shape index (κ3) is 3.71. The molecule has 5 aromatic rings. The minimum Gasteiger partial charge on any atom is -0.332 e. The number of hydrogen-bond acceptors (Lipinski definition) is 4. The van der Waals surface area contributed by atoms with Crippen molar-refractivity contribution in [3.8, 4) is 5.69 Å². The van der Waals surface area contributed by atoms with Gasteiger partial charge in [0.2, 0.25) is 0 Å². The van der Waals surface area contributed by atoms with Crippen LogP contribution in [0.5, 0.6) is 0 Å². The molecule has 4 heterocycles. The average Bonchev–Trinajstić information content (AvgIpc) is 3.54. The second-order valence-corrected chi connectivity index (χ2v) is 11.5. The number of aryl methyl sites for hydroxylation is 2. The SMILES string of the molecule is Cc1cc(C(=O)N2CCc3c(n4ncc(CC5CC5)c4n(-c4ccc5c(C)n[nH]c5c4)c3=O)C2)ccc1Br. The number of aromatic amines is 1. The summed E-state index contributed by atoms with van der Waals surface area (Å²) >= 11 is 3.52. The number of fused-ring (bicyclic) bond motifs is 4. The molecule has 1 saturated carbocycles. The maximum atomic E-state index is 14.1. The molecule has 0 radical (unpaired) electrons. The van der Waals surface area contributed by atoms with Crippen LogP contribution in [-0.2, 0) is 19.4 Å². The highest BCUT2D eigenvalue weighted by Crippen LogP contribution is 2.34. The van der Waals surface area contributed by atoms with Crippen LogP contribution in [0.25, 0.3) is 22.2 Å². The lowest BCUT2D eigenvalue weighted by Gasteiger charge is -2.30. The number of aromatic nitrogens is 5. The maximum absolute atomic E-state index is 14.1. The van der Waals surface area contributed by atoms with Crippen molar-refractivity contribution >= 4 is 38.4 Å². The maximum Gasteiger partial charge on any atom is 0.261 e. The van der Waals surface area contributed by atoms with Crippen molar-refractivity contribution in [3.63, 3.8) is 0 Å². The first-order valence-electron chi connectivity index (χ1n) is 13.0. The second-order valence-electron chi connectivity index (χ2n) is 10.6. The summed E-state index contributed by atoms with van der Waals surface area (Å²) < 4.78 is 4.70. The molecule has 38 heavy (non-hydrogen) atoms.